The van der Waals surface area contributed by atoms with E-state index < -0.39 is 0 Å². The van der Waals surface area contributed by atoms with Crippen LogP contribution in [0.4, 0.5) is 17.1 Å². The minimum absolute atomic E-state index is 0.643. The van der Waals surface area contributed by atoms with Gasteiger partial charge in [-0.25, -0.2) is 4.98 Å². The van der Waals surface area contributed by atoms with Gasteiger partial charge in [0, 0.05) is 45.4 Å². The van der Waals surface area contributed by atoms with Crippen molar-refractivity contribution < 1.29 is 4.42 Å². The lowest BCUT2D eigenvalue weighted by atomic mass is 9.88. The van der Waals surface area contributed by atoms with Gasteiger partial charge in [0.2, 0.25) is 5.71 Å². The zero-order valence-corrected chi connectivity index (χ0v) is 26.1. The predicted molar refractivity (Wildman–Crippen MR) is 200 cm³/mol. The fourth-order valence-corrected chi connectivity index (χ4v) is 6.88. The van der Waals surface area contributed by atoms with Crippen molar-refractivity contribution in [3.05, 3.63) is 182 Å². The quantitative estimate of drug-likeness (QED) is 0.187. The maximum absolute atomic E-state index is 6.35. The third-order valence-corrected chi connectivity index (χ3v) is 9.12. The largest absolute Gasteiger partial charge is 0.438 e. The van der Waals surface area contributed by atoms with Gasteiger partial charge >= 0.3 is 0 Å². The van der Waals surface area contributed by atoms with Crippen molar-refractivity contribution in [2.45, 2.75) is 0 Å². The SMILES string of the molecule is c1ccc(-c2ccc(N(c3ccc4c(c3)oc3ncccc34)c3c(-c4ccccc4)c(-c4ccccc4)cc4ccccc34)cc2)cc1. The molecule has 7 aromatic carbocycles. The molecule has 2 heterocycles. The lowest BCUT2D eigenvalue weighted by Crippen LogP contribution is -2.12. The summed E-state index contributed by atoms with van der Waals surface area (Å²) in [6.07, 6.45) is 1.78. The van der Waals surface area contributed by atoms with Crippen LogP contribution < -0.4 is 4.90 Å². The maximum Gasteiger partial charge on any atom is 0.227 e. The molecule has 0 aliphatic rings. The van der Waals surface area contributed by atoms with E-state index in [0.717, 1.165) is 44.4 Å². The lowest BCUT2D eigenvalue weighted by Gasteiger charge is -2.31. The van der Waals surface area contributed by atoms with E-state index >= 15 is 0 Å². The van der Waals surface area contributed by atoms with Gasteiger partial charge in [0.25, 0.3) is 0 Å². The summed E-state index contributed by atoms with van der Waals surface area (Å²) in [4.78, 5) is 6.90. The Morgan fingerprint density at radius 2 is 1.04 bits per heavy atom. The van der Waals surface area contributed by atoms with Gasteiger partial charge in [-0.3, -0.25) is 0 Å². The molecule has 0 radical (unpaired) electrons. The fourth-order valence-electron chi connectivity index (χ4n) is 6.88. The Morgan fingerprint density at radius 3 is 1.79 bits per heavy atom. The molecule has 0 amide bonds. The number of benzene rings is 7. The van der Waals surface area contributed by atoms with E-state index in [2.05, 4.69) is 180 Å². The fraction of sp³-hybridized carbons (Fsp3) is 0. The first-order valence-corrected chi connectivity index (χ1v) is 16.2. The minimum atomic E-state index is 0.643. The monoisotopic (exact) mass is 614 g/mol. The van der Waals surface area contributed by atoms with Crippen molar-refractivity contribution >= 4 is 49.9 Å². The Kier molecular flexibility index (Phi) is 6.80. The molecule has 3 heteroatoms. The van der Waals surface area contributed by atoms with Gasteiger partial charge < -0.3 is 9.32 Å². The third kappa shape index (κ3) is 4.81. The van der Waals surface area contributed by atoms with Gasteiger partial charge in [0.1, 0.15) is 5.58 Å². The van der Waals surface area contributed by atoms with Crippen LogP contribution in [-0.2, 0) is 0 Å². The first-order valence-electron chi connectivity index (χ1n) is 16.2. The minimum Gasteiger partial charge on any atom is -0.438 e. The van der Waals surface area contributed by atoms with Crippen LogP contribution >= 0.6 is 0 Å². The summed E-state index contributed by atoms with van der Waals surface area (Å²) >= 11 is 0. The van der Waals surface area contributed by atoms with E-state index in [9.17, 15) is 0 Å². The average Bonchev–Trinajstić information content (AvgIpc) is 3.54. The van der Waals surface area contributed by atoms with Crippen molar-refractivity contribution in [2.75, 3.05) is 4.90 Å². The number of furan rings is 1. The molecular formula is C45H30N2O. The molecule has 0 aliphatic heterocycles. The van der Waals surface area contributed by atoms with Crippen LogP contribution in [0.2, 0.25) is 0 Å². The topological polar surface area (TPSA) is 29.3 Å². The predicted octanol–water partition coefficient (Wildman–Crippen LogP) is 12.6. The number of nitrogens with zero attached hydrogens (tertiary/aromatic N) is 2. The zero-order valence-electron chi connectivity index (χ0n) is 26.1. The standard InChI is InChI=1S/C45H30N2O/c1-4-13-31(14-5-1)32-22-24-36(25-23-32)47(37-26-27-39-40-21-12-28-46-45(40)48-42(39)30-37)44-38-20-11-10-19-35(38)29-41(33-15-6-2-7-16-33)43(44)34-17-8-3-9-18-34/h1-30H. The summed E-state index contributed by atoms with van der Waals surface area (Å²) in [6, 6.07) is 62.4. The van der Waals surface area contributed by atoms with Crippen molar-refractivity contribution in [1.29, 1.82) is 0 Å². The summed E-state index contributed by atoms with van der Waals surface area (Å²) in [5, 5.41) is 4.40. The van der Waals surface area contributed by atoms with E-state index in [1.165, 1.54) is 33.2 Å². The number of pyridine rings is 1. The maximum atomic E-state index is 6.35. The third-order valence-electron chi connectivity index (χ3n) is 9.12. The molecule has 0 saturated heterocycles. The van der Waals surface area contributed by atoms with Gasteiger partial charge in [-0.1, -0.05) is 127 Å². The molecule has 0 atom stereocenters. The molecule has 0 N–H and O–H groups in total. The average molecular weight is 615 g/mol. The highest BCUT2D eigenvalue weighted by molar-refractivity contribution is 6.12. The molecule has 48 heavy (non-hydrogen) atoms. The molecule has 2 aromatic heterocycles. The Hall–Kier alpha value is -6.45. The van der Waals surface area contributed by atoms with Crippen LogP contribution in [0, 0.1) is 0 Å². The summed E-state index contributed by atoms with van der Waals surface area (Å²) in [5.41, 5.74) is 11.6. The molecular weight excluding hydrogens is 585 g/mol. The highest BCUT2D eigenvalue weighted by Gasteiger charge is 2.24. The summed E-state index contributed by atoms with van der Waals surface area (Å²) < 4.78 is 6.35. The second-order valence-electron chi connectivity index (χ2n) is 12.0. The molecule has 0 aliphatic carbocycles. The van der Waals surface area contributed by atoms with Gasteiger partial charge in [-0.2, -0.15) is 0 Å². The van der Waals surface area contributed by atoms with Crippen LogP contribution in [-0.4, -0.2) is 4.98 Å². The second-order valence-corrected chi connectivity index (χ2v) is 12.0. The van der Waals surface area contributed by atoms with E-state index in [0.29, 0.717) is 5.71 Å². The molecule has 0 fully saturated rings. The number of hydrogen-bond acceptors (Lipinski definition) is 3. The second kappa shape index (κ2) is 11.7. The first kappa shape index (κ1) is 27.8. The van der Waals surface area contributed by atoms with Gasteiger partial charge in [-0.05, 0) is 75.7 Å². The van der Waals surface area contributed by atoms with Crippen LogP contribution in [0.3, 0.4) is 0 Å². The molecule has 0 spiro atoms. The van der Waals surface area contributed by atoms with Gasteiger partial charge in [-0.15, -0.1) is 0 Å². The Bertz CT molecular complexity index is 2540. The summed E-state index contributed by atoms with van der Waals surface area (Å²) in [5.74, 6) is 0. The number of anilines is 3. The van der Waals surface area contributed by atoms with Crippen molar-refractivity contribution in [3.8, 4) is 33.4 Å². The smallest absolute Gasteiger partial charge is 0.227 e. The van der Waals surface area contributed by atoms with E-state index in [-0.39, 0.29) is 0 Å². The highest BCUT2D eigenvalue weighted by Crippen LogP contribution is 2.50. The molecule has 0 bridgehead atoms. The Morgan fingerprint density at radius 1 is 0.438 bits per heavy atom. The van der Waals surface area contributed by atoms with Crippen molar-refractivity contribution in [3.63, 3.8) is 0 Å². The Balaban J connectivity index is 1.37. The summed E-state index contributed by atoms with van der Waals surface area (Å²) in [6.45, 7) is 0. The van der Waals surface area contributed by atoms with Crippen LogP contribution in [0.15, 0.2) is 187 Å². The molecule has 9 aromatic rings. The van der Waals surface area contributed by atoms with Gasteiger partial charge in [0.05, 0.1) is 5.69 Å². The molecule has 3 nitrogen and oxygen atoms in total. The van der Waals surface area contributed by atoms with E-state index in [4.69, 9.17) is 4.42 Å². The van der Waals surface area contributed by atoms with E-state index in [1.54, 1.807) is 6.20 Å². The number of aromatic nitrogens is 1. The van der Waals surface area contributed by atoms with E-state index in [1.807, 2.05) is 6.07 Å². The highest BCUT2D eigenvalue weighted by atomic mass is 16.3. The van der Waals surface area contributed by atoms with Crippen molar-refractivity contribution in [1.82, 2.24) is 4.98 Å². The van der Waals surface area contributed by atoms with Crippen molar-refractivity contribution in [2.24, 2.45) is 0 Å². The van der Waals surface area contributed by atoms with Crippen LogP contribution in [0.25, 0.3) is 66.2 Å². The number of rotatable bonds is 6. The normalized spacial score (nSPS) is 11.3. The molecule has 226 valence electrons. The van der Waals surface area contributed by atoms with Gasteiger partial charge in [0.15, 0.2) is 0 Å². The Labute approximate surface area is 279 Å². The van der Waals surface area contributed by atoms with Crippen LogP contribution in [0.5, 0.6) is 0 Å². The summed E-state index contributed by atoms with van der Waals surface area (Å²) in [7, 11) is 0. The number of hydrogen-bond donors (Lipinski definition) is 0. The number of fused-ring (bicyclic) bond motifs is 4. The van der Waals surface area contributed by atoms with Crippen LogP contribution in [0.1, 0.15) is 0 Å². The lowest BCUT2D eigenvalue weighted by molar-refractivity contribution is 0.654. The first-order chi connectivity index (χ1) is 23.8. The zero-order chi connectivity index (χ0) is 31.9. The molecule has 0 unspecified atom stereocenters. The molecule has 9 rings (SSSR count). The molecule has 0 saturated carbocycles.